The molecule has 0 spiro atoms. The Morgan fingerprint density at radius 2 is 2.00 bits per heavy atom. The Hall–Kier alpha value is -2.32. The molecule has 1 saturated carbocycles. The van der Waals surface area contributed by atoms with Gasteiger partial charge in [-0.15, -0.1) is 0 Å². The highest BCUT2D eigenvalue weighted by molar-refractivity contribution is 7.88. The fourth-order valence-electron chi connectivity index (χ4n) is 4.15. The molecule has 1 unspecified atom stereocenters. The number of nitrogens with zero attached hydrogens (tertiary/aromatic N) is 4. The second-order valence-electron chi connectivity index (χ2n) is 8.41. The molecule has 0 radical (unpaired) electrons. The van der Waals surface area contributed by atoms with Gasteiger partial charge in [-0.05, 0) is 25.3 Å². The van der Waals surface area contributed by atoms with E-state index in [1.807, 2.05) is 0 Å². The molecule has 2 fully saturated rings. The minimum Gasteiger partial charge on any atom is -0.390 e. The lowest BCUT2D eigenvalue weighted by Crippen LogP contribution is -2.51. The number of fused-ring (bicyclic) bond motifs is 1. The second kappa shape index (κ2) is 8.80. The normalized spacial score (nSPS) is 26.1. The van der Waals surface area contributed by atoms with Crippen LogP contribution in [0.3, 0.4) is 0 Å². The third-order valence-corrected chi connectivity index (χ3v) is 7.23. The van der Waals surface area contributed by atoms with Gasteiger partial charge in [0.05, 0.1) is 24.4 Å². The predicted octanol–water partition coefficient (Wildman–Crippen LogP) is 2.37. The van der Waals surface area contributed by atoms with E-state index in [9.17, 15) is 31.1 Å². The first-order chi connectivity index (χ1) is 15.4. The lowest BCUT2D eigenvalue weighted by Gasteiger charge is -2.34. The fourth-order valence-corrected chi connectivity index (χ4v) is 5.01. The number of rotatable bonds is 6. The quantitative estimate of drug-likeness (QED) is 0.526. The van der Waals surface area contributed by atoms with Gasteiger partial charge in [-0.1, -0.05) is 0 Å². The van der Waals surface area contributed by atoms with Crippen LogP contribution < -0.4 is 10.6 Å². The fraction of sp³-hybridized carbons (Fsp3) is 0.632. The Bertz CT molecular complexity index is 1140. The minimum absolute atomic E-state index is 0.0344. The number of hydrogen-bond donors (Lipinski definition) is 3. The van der Waals surface area contributed by atoms with E-state index >= 15 is 0 Å². The largest absolute Gasteiger partial charge is 0.390 e. The molecule has 1 aliphatic carbocycles. The summed E-state index contributed by atoms with van der Waals surface area (Å²) in [6.07, 6.45) is -1.19. The van der Waals surface area contributed by atoms with Crippen molar-refractivity contribution in [3.05, 3.63) is 18.0 Å². The van der Waals surface area contributed by atoms with Crippen molar-refractivity contribution in [1.29, 1.82) is 0 Å². The lowest BCUT2D eigenvalue weighted by molar-refractivity contribution is -0.000664. The van der Waals surface area contributed by atoms with Gasteiger partial charge in [0.25, 0.3) is 12.3 Å². The van der Waals surface area contributed by atoms with E-state index in [4.69, 9.17) is 0 Å². The molecule has 4 rings (SSSR count). The maximum Gasteiger partial charge on any atom is 0.280 e. The molecule has 14 heteroatoms. The van der Waals surface area contributed by atoms with Crippen molar-refractivity contribution < 1.29 is 31.1 Å². The number of β-amino-alcohol motifs (C(OH)–C–C–N with tert-alkyl or cyclic N) is 1. The molecule has 2 aliphatic rings. The monoisotopic (exact) mass is 492 g/mol. The second-order valence-corrected chi connectivity index (χ2v) is 10.4. The van der Waals surface area contributed by atoms with Crippen molar-refractivity contribution in [2.45, 2.75) is 56.2 Å². The zero-order chi connectivity index (χ0) is 24.0. The highest BCUT2D eigenvalue weighted by atomic mass is 32.2. The van der Waals surface area contributed by atoms with Crippen LogP contribution in [0.5, 0.6) is 0 Å². The molecule has 0 bridgehead atoms. The number of sulfonamides is 1. The molecule has 2 aromatic rings. The molecule has 182 valence electrons. The number of halogens is 4. The maximum absolute atomic E-state index is 14.1. The summed E-state index contributed by atoms with van der Waals surface area (Å²) in [7, 11) is -3.45. The Kier molecular flexibility index (Phi) is 6.35. The average Bonchev–Trinajstić information content (AvgIpc) is 3.06. The van der Waals surface area contributed by atoms with E-state index in [2.05, 4.69) is 25.6 Å². The number of aromatic nitrogens is 3. The zero-order valence-corrected chi connectivity index (χ0v) is 18.5. The first-order valence-electron chi connectivity index (χ1n) is 10.4. The van der Waals surface area contributed by atoms with Gasteiger partial charge < -0.3 is 15.7 Å². The predicted molar refractivity (Wildman–Crippen MR) is 113 cm³/mol. The number of aliphatic hydroxyl groups excluding tert-OH is 1. The van der Waals surface area contributed by atoms with Gasteiger partial charge in [0.2, 0.25) is 16.0 Å². The van der Waals surface area contributed by atoms with E-state index < -0.39 is 46.3 Å². The van der Waals surface area contributed by atoms with Gasteiger partial charge in [0.1, 0.15) is 11.2 Å². The molecule has 3 N–H and O–H groups in total. The minimum atomic E-state index is -3.45. The topological polar surface area (TPSA) is 120 Å². The SMILES string of the molecule is CS(=O)(=O)N1CC[C@H](Nc2ncc3cc(C(F)F)nc(NC4CCCC4(F)F)c3n2)[C@H](O)C1. The summed E-state index contributed by atoms with van der Waals surface area (Å²) in [6.45, 7) is 0.0803. The van der Waals surface area contributed by atoms with Crippen LogP contribution in [0.1, 0.15) is 37.8 Å². The summed E-state index contributed by atoms with van der Waals surface area (Å²) in [5, 5.41) is 16.1. The number of piperidine rings is 1. The Morgan fingerprint density at radius 1 is 1.24 bits per heavy atom. The van der Waals surface area contributed by atoms with Gasteiger partial charge in [-0.2, -0.15) is 4.31 Å². The van der Waals surface area contributed by atoms with Gasteiger partial charge >= 0.3 is 0 Å². The van der Waals surface area contributed by atoms with Crippen LogP contribution in [0.25, 0.3) is 10.9 Å². The average molecular weight is 492 g/mol. The molecule has 33 heavy (non-hydrogen) atoms. The van der Waals surface area contributed by atoms with E-state index in [0.29, 0.717) is 6.42 Å². The molecule has 1 saturated heterocycles. The first-order valence-corrected chi connectivity index (χ1v) is 12.3. The molecule has 9 nitrogen and oxygen atoms in total. The zero-order valence-electron chi connectivity index (χ0n) is 17.7. The Balaban J connectivity index is 1.61. The van der Waals surface area contributed by atoms with Crippen molar-refractivity contribution in [1.82, 2.24) is 19.3 Å². The summed E-state index contributed by atoms with van der Waals surface area (Å²) < 4.78 is 79.5. The highest BCUT2D eigenvalue weighted by Gasteiger charge is 2.44. The van der Waals surface area contributed by atoms with Gasteiger partial charge in [-0.25, -0.2) is 40.9 Å². The molecular weight excluding hydrogens is 468 g/mol. The molecule has 1 aliphatic heterocycles. The summed E-state index contributed by atoms with van der Waals surface area (Å²) in [6, 6.07) is -0.722. The van der Waals surface area contributed by atoms with Crippen molar-refractivity contribution in [3.63, 3.8) is 0 Å². The smallest absolute Gasteiger partial charge is 0.280 e. The molecular formula is C19H24F4N6O3S. The van der Waals surface area contributed by atoms with Crippen LogP contribution in [0, 0.1) is 0 Å². The van der Waals surface area contributed by atoms with Crippen LogP contribution in [0.15, 0.2) is 12.3 Å². The van der Waals surface area contributed by atoms with Crippen LogP contribution in [-0.4, -0.2) is 76.2 Å². The van der Waals surface area contributed by atoms with Crippen LogP contribution in [0.4, 0.5) is 29.3 Å². The maximum atomic E-state index is 14.1. The molecule has 0 amide bonds. The van der Waals surface area contributed by atoms with Crippen LogP contribution in [0.2, 0.25) is 0 Å². The van der Waals surface area contributed by atoms with Crippen molar-refractivity contribution in [3.8, 4) is 0 Å². The Labute approximate surface area is 187 Å². The summed E-state index contributed by atoms with van der Waals surface area (Å²) in [5.41, 5.74) is -0.498. The summed E-state index contributed by atoms with van der Waals surface area (Å²) in [4.78, 5) is 12.2. The number of aliphatic hydroxyl groups is 1. The van der Waals surface area contributed by atoms with Gasteiger partial charge in [0, 0.05) is 31.1 Å². The number of pyridine rings is 1. The van der Waals surface area contributed by atoms with E-state index in [-0.39, 0.29) is 55.0 Å². The number of alkyl halides is 4. The molecule has 0 aromatic carbocycles. The number of nitrogens with one attached hydrogen (secondary N) is 2. The van der Waals surface area contributed by atoms with E-state index in [1.165, 1.54) is 6.20 Å². The van der Waals surface area contributed by atoms with E-state index in [0.717, 1.165) is 16.6 Å². The highest BCUT2D eigenvalue weighted by Crippen LogP contribution is 2.38. The first kappa shape index (κ1) is 23.8. The molecule has 2 aromatic heterocycles. The van der Waals surface area contributed by atoms with Crippen molar-refractivity contribution in [2.75, 3.05) is 30.0 Å². The van der Waals surface area contributed by atoms with Crippen molar-refractivity contribution >= 4 is 32.7 Å². The summed E-state index contributed by atoms with van der Waals surface area (Å²) in [5.74, 6) is -3.15. The Morgan fingerprint density at radius 3 is 2.61 bits per heavy atom. The molecule has 3 atom stereocenters. The van der Waals surface area contributed by atoms with Gasteiger partial charge in [0.15, 0.2) is 5.82 Å². The lowest BCUT2D eigenvalue weighted by atomic mass is 10.0. The van der Waals surface area contributed by atoms with Crippen LogP contribution in [-0.2, 0) is 10.0 Å². The molecule has 3 heterocycles. The summed E-state index contributed by atoms with van der Waals surface area (Å²) >= 11 is 0. The number of anilines is 2. The van der Waals surface area contributed by atoms with Crippen molar-refractivity contribution in [2.24, 2.45) is 0 Å². The van der Waals surface area contributed by atoms with Crippen LogP contribution >= 0.6 is 0 Å². The third kappa shape index (κ3) is 5.11. The van der Waals surface area contributed by atoms with Gasteiger partial charge in [-0.3, -0.25) is 0 Å². The third-order valence-electron chi connectivity index (χ3n) is 5.96. The number of hydrogen-bond acceptors (Lipinski definition) is 8. The standard InChI is InChI=1S/C19H24F4N6O3S/c1-33(31,32)29-6-4-11(13(30)9-29)26-18-24-8-10-7-12(16(20)21)25-17(15(10)28-18)27-14-3-2-5-19(14,22)23/h7-8,11,13-14,16,30H,2-6,9H2,1H3,(H,25,27)(H,24,26,28)/t11-,13+,14?/m0/s1. The van der Waals surface area contributed by atoms with E-state index in [1.54, 1.807) is 0 Å².